The minimum atomic E-state index is -1.21. The van der Waals surface area contributed by atoms with Crippen molar-refractivity contribution in [1.82, 2.24) is 15.5 Å². The van der Waals surface area contributed by atoms with Gasteiger partial charge in [-0.3, -0.25) is 29.0 Å². The Kier molecular flexibility index (Phi) is 10.9. The largest absolute Gasteiger partial charge is 0.481 e. The van der Waals surface area contributed by atoms with Crippen LogP contribution >= 0.6 is 0 Å². The number of amides is 3. The number of carbonyl (C=O) groups is 5. The molecule has 0 bridgehead atoms. The van der Waals surface area contributed by atoms with E-state index in [9.17, 15) is 24.0 Å². The summed E-state index contributed by atoms with van der Waals surface area (Å²) in [5.74, 6) is -4.26. The maximum absolute atomic E-state index is 13.1. The van der Waals surface area contributed by atoms with Crippen molar-refractivity contribution in [3.05, 3.63) is 0 Å². The van der Waals surface area contributed by atoms with E-state index in [1.54, 1.807) is 0 Å². The zero-order chi connectivity index (χ0) is 24.3. The lowest BCUT2D eigenvalue weighted by atomic mass is 10.1. The van der Waals surface area contributed by atoms with E-state index >= 15 is 0 Å². The fourth-order valence-electron chi connectivity index (χ4n) is 3.23. The van der Waals surface area contributed by atoms with Gasteiger partial charge < -0.3 is 42.9 Å². The van der Waals surface area contributed by atoms with Crippen LogP contribution in [0.1, 0.15) is 38.5 Å². The summed E-state index contributed by atoms with van der Waals surface area (Å²) in [6.07, 6.45) is 0.943. The van der Waals surface area contributed by atoms with E-state index in [1.807, 2.05) is 0 Å². The third kappa shape index (κ3) is 9.16. The molecule has 180 valence electrons. The second kappa shape index (κ2) is 13.1. The minimum Gasteiger partial charge on any atom is -0.481 e. The van der Waals surface area contributed by atoms with Crippen molar-refractivity contribution in [2.75, 3.05) is 19.6 Å². The van der Waals surface area contributed by atoms with E-state index in [1.165, 1.54) is 4.90 Å². The number of nitrogens with two attached hydrogens (primary N) is 3. The molecule has 3 atom stereocenters. The van der Waals surface area contributed by atoms with E-state index in [0.29, 0.717) is 19.3 Å². The van der Waals surface area contributed by atoms with Crippen molar-refractivity contribution in [3.8, 4) is 0 Å². The molecule has 1 aliphatic heterocycles. The van der Waals surface area contributed by atoms with Crippen molar-refractivity contribution in [2.45, 2.75) is 56.7 Å². The van der Waals surface area contributed by atoms with Crippen molar-refractivity contribution < 1.29 is 34.2 Å². The molecule has 1 heterocycles. The lowest BCUT2D eigenvalue weighted by Gasteiger charge is -2.29. The van der Waals surface area contributed by atoms with Gasteiger partial charge in [0, 0.05) is 19.5 Å². The molecule has 10 N–H and O–H groups in total. The fraction of sp³-hybridized carbons (Fsp3) is 0.667. The Labute approximate surface area is 184 Å². The molecule has 1 saturated heterocycles. The summed E-state index contributed by atoms with van der Waals surface area (Å²) in [4.78, 5) is 64.4. The van der Waals surface area contributed by atoms with Crippen LogP contribution in [-0.4, -0.2) is 88.5 Å². The van der Waals surface area contributed by atoms with Crippen LogP contribution in [0.5, 0.6) is 0 Å². The van der Waals surface area contributed by atoms with Crippen LogP contribution in [0.2, 0.25) is 0 Å². The van der Waals surface area contributed by atoms with E-state index in [4.69, 9.17) is 27.4 Å². The first-order valence-electron chi connectivity index (χ1n) is 10.2. The molecule has 14 nitrogen and oxygen atoms in total. The minimum absolute atomic E-state index is 0.111. The van der Waals surface area contributed by atoms with Crippen LogP contribution in [0.3, 0.4) is 0 Å². The Balaban J connectivity index is 2.88. The molecule has 32 heavy (non-hydrogen) atoms. The third-order valence-corrected chi connectivity index (χ3v) is 4.82. The predicted molar refractivity (Wildman–Crippen MR) is 112 cm³/mol. The lowest BCUT2D eigenvalue weighted by Crippen LogP contribution is -2.55. The smallest absolute Gasteiger partial charge is 0.322 e. The summed E-state index contributed by atoms with van der Waals surface area (Å²) in [6.45, 7) is -0.112. The number of aliphatic carboxylic acids is 2. The van der Waals surface area contributed by atoms with Crippen molar-refractivity contribution in [2.24, 2.45) is 22.2 Å². The van der Waals surface area contributed by atoms with Gasteiger partial charge in [0.05, 0.1) is 6.04 Å². The maximum Gasteiger partial charge on any atom is 0.322 e. The number of nitrogens with one attached hydrogen (secondary N) is 2. The number of carboxylic acid groups (broad SMARTS) is 2. The monoisotopic (exact) mass is 457 g/mol. The number of carboxylic acids is 2. The van der Waals surface area contributed by atoms with Gasteiger partial charge in [0.2, 0.25) is 17.7 Å². The van der Waals surface area contributed by atoms with Crippen molar-refractivity contribution in [1.29, 1.82) is 0 Å². The number of hydrogen-bond acceptors (Lipinski definition) is 7. The van der Waals surface area contributed by atoms with Gasteiger partial charge in [0.1, 0.15) is 18.6 Å². The number of likely N-dealkylation sites (tertiary alicyclic amines) is 1. The van der Waals surface area contributed by atoms with Gasteiger partial charge in [-0.25, -0.2) is 0 Å². The van der Waals surface area contributed by atoms with Crippen LogP contribution in [0.15, 0.2) is 4.99 Å². The van der Waals surface area contributed by atoms with Gasteiger partial charge in [0.15, 0.2) is 5.96 Å². The third-order valence-electron chi connectivity index (χ3n) is 4.82. The van der Waals surface area contributed by atoms with E-state index in [0.717, 1.165) is 0 Å². The second-order valence-corrected chi connectivity index (χ2v) is 7.35. The van der Waals surface area contributed by atoms with Gasteiger partial charge >= 0.3 is 11.9 Å². The molecule has 0 spiro atoms. The molecular weight excluding hydrogens is 426 g/mol. The molecule has 0 saturated carbocycles. The molecule has 3 unspecified atom stereocenters. The normalized spacial score (nSPS) is 17.2. The van der Waals surface area contributed by atoms with Gasteiger partial charge in [-0.15, -0.1) is 0 Å². The first-order chi connectivity index (χ1) is 15.0. The van der Waals surface area contributed by atoms with Crippen LogP contribution in [0.4, 0.5) is 0 Å². The van der Waals surface area contributed by atoms with E-state index < -0.39 is 54.3 Å². The predicted octanol–water partition coefficient (Wildman–Crippen LogP) is -3.09. The first kappa shape index (κ1) is 26.6. The summed E-state index contributed by atoms with van der Waals surface area (Å²) < 4.78 is 0. The zero-order valence-corrected chi connectivity index (χ0v) is 17.7. The van der Waals surface area contributed by atoms with Gasteiger partial charge in [-0.1, -0.05) is 0 Å². The van der Waals surface area contributed by atoms with Crippen molar-refractivity contribution >= 4 is 35.6 Å². The standard InChI is InChI=1S/C18H31N7O7/c19-10(5-6-13(26)27)15(30)24-11(3-1-7-22-18(20)21)17(32)25-8-2-4-12(25)16(31)23-9-14(28)29/h10-12H,1-9,19H2,(H,23,31)(H,24,30)(H,26,27)(H,28,29)(H4,20,21,22). The Hall–Kier alpha value is -3.42. The first-order valence-corrected chi connectivity index (χ1v) is 10.2. The average molecular weight is 457 g/mol. The summed E-state index contributed by atoms with van der Waals surface area (Å²) in [6, 6.07) is -3.03. The molecule has 1 aliphatic rings. The SMILES string of the molecule is NC(N)=NCCCC(NC(=O)C(N)CCC(=O)O)C(=O)N1CCCC1C(=O)NCC(=O)O. The number of nitrogens with zero attached hydrogens (tertiary/aromatic N) is 2. The number of guanidine groups is 1. The molecular formula is C18H31N7O7. The highest BCUT2D eigenvalue weighted by molar-refractivity contribution is 5.94. The highest BCUT2D eigenvalue weighted by atomic mass is 16.4. The molecule has 0 aromatic rings. The lowest BCUT2D eigenvalue weighted by molar-refractivity contribution is -0.143. The number of rotatable bonds is 13. The Morgan fingerprint density at radius 2 is 1.78 bits per heavy atom. The quantitative estimate of drug-likeness (QED) is 0.0834. The molecule has 0 aromatic heterocycles. The molecule has 0 aliphatic carbocycles. The Morgan fingerprint density at radius 3 is 2.38 bits per heavy atom. The maximum atomic E-state index is 13.1. The molecule has 1 rings (SSSR count). The Bertz CT molecular complexity index is 739. The topological polar surface area (TPSA) is 244 Å². The number of hydrogen-bond donors (Lipinski definition) is 7. The van der Waals surface area contributed by atoms with Crippen LogP contribution in [0.25, 0.3) is 0 Å². The highest BCUT2D eigenvalue weighted by Crippen LogP contribution is 2.20. The van der Waals surface area contributed by atoms with Crippen LogP contribution in [-0.2, 0) is 24.0 Å². The fourth-order valence-corrected chi connectivity index (χ4v) is 3.23. The number of aliphatic imine (C=N–C) groups is 1. The molecule has 3 amide bonds. The van der Waals surface area contributed by atoms with Gasteiger partial charge in [-0.2, -0.15) is 0 Å². The van der Waals surface area contributed by atoms with E-state index in [2.05, 4.69) is 15.6 Å². The molecule has 1 fully saturated rings. The molecule has 14 heteroatoms. The zero-order valence-electron chi connectivity index (χ0n) is 17.7. The molecule has 0 aromatic carbocycles. The van der Waals surface area contributed by atoms with E-state index in [-0.39, 0.29) is 38.3 Å². The summed E-state index contributed by atoms with van der Waals surface area (Å²) in [5, 5.41) is 22.3. The van der Waals surface area contributed by atoms with Gasteiger partial charge in [-0.05, 0) is 32.1 Å². The summed E-state index contributed by atoms with van der Waals surface area (Å²) in [7, 11) is 0. The summed E-state index contributed by atoms with van der Waals surface area (Å²) >= 11 is 0. The van der Waals surface area contributed by atoms with Crippen LogP contribution in [0, 0.1) is 0 Å². The van der Waals surface area contributed by atoms with Gasteiger partial charge in [0.25, 0.3) is 0 Å². The second-order valence-electron chi connectivity index (χ2n) is 7.35. The Morgan fingerprint density at radius 1 is 1.09 bits per heavy atom. The van der Waals surface area contributed by atoms with Crippen molar-refractivity contribution in [3.63, 3.8) is 0 Å². The summed E-state index contributed by atoms with van der Waals surface area (Å²) in [5.41, 5.74) is 16.3. The molecule has 0 radical (unpaired) electrons. The number of carbonyl (C=O) groups excluding carboxylic acids is 3. The van der Waals surface area contributed by atoms with Crippen LogP contribution < -0.4 is 27.8 Å². The highest BCUT2D eigenvalue weighted by Gasteiger charge is 2.37. The average Bonchev–Trinajstić information content (AvgIpc) is 3.21.